The minimum Gasteiger partial charge on any atom is -0.352 e. The van der Waals surface area contributed by atoms with E-state index in [1.807, 2.05) is 24.7 Å². The number of imidazole rings is 1. The molecular formula is C30H35N9. The van der Waals surface area contributed by atoms with Crippen LogP contribution in [0.25, 0.3) is 44.6 Å². The van der Waals surface area contributed by atoms with Crippen molar-refractivity contribution < 1.29 is 0 Å². The number of hydrogen-bond acceptors (Lipinski definition) is 7. The van der Waals surface area contributed by atoms with Gasteiger partial charge in [-0.2, -0.15) is 5.10 Å². The van der Waals surface area contributed by atoms with Gasteiger partial charge in [-0.05, 0) is 80.9 Å². The van der Waals surface area contributed by atoms with Gasteiger partial charge in [0.25, 0.3) is 0 Å². The number of likely N-dealkylation sites (N-methyl/N-ethyl adjacent to an activating group) is 1. The fraction of sp³-hybridized carbons (Fsp3) is 0.400. The van der Waals surface area contributed by atoms with Gasteiger partial charge in [0.05, 0.1) is 11.0 Å². The molecule has 2 aliphatic rings. The van der Waals surface area contributed by atoms with E-state index in [1.165, 1.54) is 49.0 Å². The second-order valence-corrected chi connectivity index (χ2v) is 11.1. The number of pyridine rings is 2. The van der Waals surface area contributed by atoms with Crippen LogP contribution < -0.4 is 4.90 Å². The van der Waals surface area contributed by atoms with Crippen LogP contribution in [0.4, 0.5) is 5.82 Å². The van der Waals surface area contributed by atoms with Gasteiger partial charge in [0.15, 0.2) is 11.6 Å². The van der Waals surface area contributed by atoms with Crippen molar-refractivity contribution in [2.75, 3.05) is 51.2 Å². The molecule has 5 aromatic rings. The van der Waals surface area contributed by atoms with Gasteiger partial charge in [0.1, 0.15) is 11.2 Å². The van der Waals surface area contributed by atoms with Gasteiger partial charge in [0.2, 0.25) is 0 Å². The van der Waals surface area contributed by atoms with Crippen molar-refractivity contribution in [2.24, 2.45) is 0 Å². The molecule has 0 unspecified atom stereocenters. The number of piperazine rings is 1. The number of benzene rings is 1. The molecule has 9 heteroatoms. The summed E-state index contributed by atoms with van der Waals surface area (Å²) in [5.74, 6) is 1.70. The third kappa shape index (κ3) is 4.66. The van der Waals surface area contributed by atoms with Gasteiger partial charge < -0.3 is 14.8 Å². The van der Waals surface area contributed by atoms with E-state index in [0.717, 1.165) is 77.6 Å². The lowest BCUT2D eigenvalue weighted by Gasteiger charge is -2.33. The number of likely N-dealkylation sites (tertiary alicyclic amines) is 1. The second-order valence-electron chi connectivity index (χ2n) is 11.1. The molecule has 2 fully saturated rings. The standard InChI is InChI=1S/C30H35N9/c1-20-14-26-24(16-23(20)22-15-21(17-31-18-22)19-38-8-4-3-5-9-38)27(36-35-26)29-33-25-6-7-32-30(28(25)34-29)39-12-10-37(2)11-13-39/h6-7,14-18H,3-5,8-13,19H2,1-2H3,(H,33,34)(H,35,36). The van der Waals surface area contributed by atoms with E-state index in [9.17, 15) is 0 Å². The molecule has 2 N–H and O–H groups in total. The molecule has 6 heterocycles. The second kappa shape index (κ2) is 10.1. The third-order valence-corrected chi connectivity index (χ3v) is 8.28. The average Bonchev–Trinajstić information content (AvgIpc) is 3.57. The maximum Gasteiger partial charge on any atom is 0.159 e. The smallest absolute Gasteiger partial charge is 0.159 e. The van der Waals surface area contributed by atoms with Gasteiger partial charge in [-0.15, -0.1) is 0 Å². The summed E-state index contributed by atoms with van der Waals surface area (Å²) in [7, 11) is 2.16. The summed E-state index contributed by atoms with van der Waals surface area (Å²) in [6, 6.07) is 8.70. The molecule has 0 atom stereocenters. The SMILES string of the molecule is Cc1cc2[nH]nc(-c3nc4c(N5CCN(C)CC5)nccc4[nH]3)c2cc1-c1cncc(CN2CCCCC2)c1. The van der Waals surface area contributed by atoms with Crippen LogP contribution in [0.2, 0.25) is 0 Å². The number of hydrogen-bond donors (Lipinski definition) is 2. The lowest BCUT2D eigenvalue weighted by molar-refractivity contribution is 0.220. The Kier molecular flexibility index (Phi) is 6.25. The first-order valence-electron chi connectivity index (χ1n) is 14.1. The molecular weight excluding hydrogens is 486 g/mol. The average molecular weight is 522 g/mol. The minimum atomic E-state index is 0.756. The number of H-pyrrole nitrogens is 2. The number of fused-ring (bicyclic) bond motifs is 2. The molecule has 1 aromatic carbocycles. The molecule has 7 rings (SSSR count). The first kappa shape index (κ1) is 24.2. The zero-order chi connectivity index (χ0) is 26.3. The Hall–Kier alpha value is -3.82. The molecule has 0 saturated carbocycles. The number of aromatic amines is 2. The maximum atomic E-state index is 5.03. The number of anilines is 1. The van der Waals surface area contributed by atoms with Gasteiger partial charge in [-0.3, -0.25) is 15.0 Å². The summed E-state index contributed by atoms with van der Waals surface area (Å²) in [6.07, 6.45) is 9.78. The van der Waals surface area contributed by atoms with Crippen LogP contribution in [-0.4, -0.2) is 86.2 Å². The normalized spacial score (nSPS) is 17.4. The third-order valence-electron chi connectivity index (χ3n) is 8.28. The van der Waals surface area contributed by atoms with Crippen LogP contribution in [0.15, 0.2) is 42.9 Å². The number of nitrogens with zero attached hydrogens (tertiary/aromatic N) is 7. The summed E-state index contributed by atoms with van der Waals surface area (Å²) in [5.41, 5.74) is 8.48. The fourth-order valence-corrected chi connectivity index (χ4v) is 6.04. The van der Waals surface area contributed by atoms with Crippen LogP contribution in [0.5, 0.6) is 0 Å². The van der Waals surface area contributed by atoms with E-state index in [-0.39, 0.29) is 0 Å². The Bertz CT molecular complexity index is 1620. The lowest BCUT2D eigenvalue weighted by atomic mass is 9.98. The van der Waals surface area contributed by atoms with E-state index in [0.29, 0.717) is 0 Å². The zero-order valence-electron chi connectivity index (χ0n) is 22.7. The van der Waals surface area contributed by atoms with Crippen molar-refractivity contribution in [1.82, 2.24) is 39.9 Å². The molecule has 2 saturated heterocycles. The largest absolute Gasteiger partial charge is 0.352 e. The summed E-state index contributed by atoms with van der Waals surface area (Å²) < 4.78 is 0. The first-order valence-corrected chi connectivity index (χ1v) is 14.1. The Morgan fingerprint density at radius 3 is 2.62 bits per heavy atom. The number of aromatic nitrogens is 6. The molecule has 2 aliphatic heterocycles. The molecule has 4 aromatic heterocycles. The quantitative estimate of drug-likeness (QED) is 0.349. The maximum absolute atomic E-state index is 5.03. The predicted molar refractivity (Wildman–Crippen MR) is 156 cm³/mol. The highest BCUT2D eigenvalue weighted by Gasteiger charge is 2.21. The summed E-state index contributed by atoms with van der Waals surface area (Å²) in [5, 5.41) is 8.98. The van der Waals surface area contributed by atoms with E-state index in [2.05, 4.69) is 61.9 Å². The van der Waals surface area contributed by atoms with Crippen LogP contribution in [-0.2, 0) is 6.54 Å². The van der Waals surface area contributed by atoms with Crippen molar-refractivity contribution in [3.8, 4) is 22.6 Å². The van der Waals surface area contributed by atoms with Crippen molar-refractivity contribution >= 4 is 27.8 Å². The van der Waals surface area contributed by atoms with Crippen LogP contribution in [0, 0.1) is 6.92 Å². The molecule has 0 bridgehead atoms. The topological polar surface area (TPSA) is 92.9 Å². The predicted octanol–water partition coefficient (Wildman–Crippen LogP) is 4.61. The highest BCUT2D eigenvalue weighted by atomic mass is 15.3. The number of rotatable bonds is 5. The van der Waals surface area contributed by atoms with Crippen LogP contribution in [0.1, 0.15) is 30.4 Å². The fourth-order valence-electron chi connectivity index (χ4n) is 6.04. The van der Waals surface area contributed by atoms with Gasteiger partial charge in [0, 0.05) is 62.3 Å². The van der Waals surface area contributed by atoms with Crippen molar-refractivity contribution in [2.45, 2.75) is 32.7 Å². The number of piperidine rings is 1. The molecule has 39 heavy (non-hydrogen) atoms. The lowest BCUT2D eigenvalue weighted by Crippen LogP contribution is -2.44. The summed E-state index contributed by atoms with van der Waals surface area (Å²) >= 11 is 0. The molecule has 0 radical (unpaired) electrons. The molecule has 9 nitrogen and oxygen atoms in total. The van der Waals surface area contributed by atoms with Crippen molar-refractivity contribution in [3.05, 3.63) is 54.0 Å². The van der Waals surface area contributed by atoms with Gasteiger partial charge in [-0.1, -0.05) is 6.42 Å². The van der Waals surface area contributed by atoms with Crippen molar-refractivity contribution in [1.29, 1.82) is 0 Å². The Balaban J connectivity index is 1.24. The highest BCUT2D eigenvalue weighted by Crippen LogP contribution is 2.34. The van der Waals surface area contributed by atoms with Crippen molar-refractivity contribution in [3.63, 3.8) is 0 Å². The van der Waals surface area contributed by atoms with E-state index >= 15 is 0 Å². The Morgan fingerprint density at radius 1 is 0.923 bits per heavy atom. The van der Waals surface area contributed by atoms with Crippen LogP contribution in [0.3, 0.4) is 0 Å². The van der Waals surface area contributed by atoms with Gasteiger partial charge >= 0.3 is 0 Å². The number of aryl methyl sites for hydroxylation is 1. The van der Waals surface area contributed by atoms with Crippen LogP contribution >= 0.6 is 0 Å². The highest BCUT2D eigenvalue weighted by molar-refractivity contribution is 5.97. The molecule has 0 spiro atoms. The zero-order valence-corrected chi connectivity index (χ0v) is 22.7. The van der Waals surface area contributed by atoms with Gasteiger partial charge in [-0.25, -0.2) is 9.97 Å². The van der Waals surface area contributed by atoms with E-state index in [1.54, 1.807) is 0 Å². The summed E-state index contributed by atoms with van der Waals surface area (Å²) in [4.78, 5) is 25.1. The monoisotopic (exact) mass is 521 g/mol. The molecule has 0 aliphatic carbocycles. The minimum absolute atomic E-state index is 0.756. The molecule has 200 valence electrons. The number of nitrogens with one attached hydrogen (secondary N) is 2. The Labute approximate surface area is 228 Å². The Morgan fingerprint density at radius 2 is 1.77 bits per heavy atom. The van der Waals surface area contributed by atoms with E-state index in [4.69, 9.17) is 15.1 Å². The summed E-state index contributed by atoms with van der Waals surface area (Å²) in [6.45, 7) is 9.41. The first-order chi connectivity index (χ1) is 19.1. The van der Waals surface area contributed by atoms with E-state index < -0.39 is 0 Å². The molecule has 0 amide bonds.